The van der Waals surface area contributed by atoms with Crippen LogP contribution in [0.25, 0.3) is 22.0 Å². The molecule has 3 aromatic rings. The Morgan fingerprint density at radius 2 is 1.75 bits per heavy atom. The fourth-order valence-corrected chi connectivity index (χ4v) is 5.32. The third kappa shape index (κ3) is 4.86. The Kier molecular flexibility index (Phi) is 5.66. The predicted molar refractivity (Wildman–Crippen MR) is 121 cm³/mol. The molecule has 8 heteroatoms. The normalized spacial score (nSPS) is 15.4. The van der Waals surface area contributed by atoms with Gasteiger partial charge < -0.3 is 4.57 Å². The average molecular weight is 465 g/mol. The van der Waals surface area contributed by atoms with E-state index >= 15 is 0 Å². The van der Waals surface area contributed by atoms with Crippen molar-refractivity contribution in [1.82, 2.24) is 9.29 Å². The van der Waals surface area contributed by atoms with Gasteiger partial charge in [0, 0.05) is 30.2 Å². The molecule has 1 saturated carbocycles. The van der Waals surface area contributed by atoms with Crippen LogP contribution in [-0.2, 0) is 29.3 Å². The zero-order valence-electron chi connectivity index (χ0n) is 18.3. The largest absolute Gasteiger partial charge is 0.417 e. The van der Waals surface area contributed by atoms with Gasteiger partial charge in [0.2, 0.25) is 10.0 Å². The van der Waals surface area contributed by atoms with Crippen molar-refractivity contribution in [1.29, 1.82) is 0 Å². The summed E-state index contributed by atoms with van der Waals surface area (Å²) in [6.45, 7) is 7.04. The van der Waals surface area contributed by atoms with Gasteiger partial charge in [-0.1, -0.05) is 51.1 Å². The van der Waals surface area contributed by atoms with E-state index < -0.39 is 21.8 Å². The monoisotopic (exact) mass is 464 g/mol. The van der Waals surface area contributed by atoms with Crippen molar-refractivity contribution < 1.29 is 21.6 Å². The van der Waals surface area contributed by atoms with Gasteiger partial charge in [0.05, 0.1) is 10.8 Å². The first-order valence-electron chi connectivity index (χ1n) is 10.6. The van der Waals surface area contributed by atoms with E-state index in [1.165, 1.54) is 12.1 Å². The smallest absolute Gasteiger partial charge is 0.347 e. The summed E-state index contributed by atoms with van der Waals surface area (Å²) < 4.78 is 70.0. The van der Waals surface area contributed by atoms with Gasteiger partial charge in [-0.15, -0.1) is 0 Å². The topological polar surface area (TPSA) is 51.1 Å². The highest BCUT2D eigenvalue weighted by Crippen LogP contribution is 2.38. The van der Waals surface area contributed by atoms with Crippen LogP contribution in [-0.4, -0.2) is 18.2 Å². The summed E-state index contributed by atoms with van der Waals surface area (Å²) in [4.78, 5) is 0. The van der Waals surface area contributed by atoms with Gasteiger partial charge in [-0.25, -0.2) is 13.1 Å². The van der Waals surface area contributed by atoms with Crippen molar-refractivity contribution in [3.63, 3.8) is 0 Å². The van der Waals surface area contributed by atoms with Crippen molar-refractivity contribution in [2.24, 2.45) is 5.41 Å². The molecule has 1 aliphatic rings. The summed E-state index contributed by atoms with van der Waals surface area (Å²) in [6.07, 6.45) is -1.18. The Morgan fingerprint density at radius 1 is 1.06 bits per heavy atom. The lowest BCUT2D eigenvalue weighted by Gasteiger charge is -2.20. The van der Waals surface area contributed by atoms with Crippen molar-refractivity contribution in [3.8, 4) is 11.1 Å². The van der Waals surface area contributed by atoms with E-state index in [2.05, 4.69) is 25.5 Å². The lowest BCUT2D eigenvalue weighted by Crippen LogP contribution is -2.26. The minimum atomic E-state index is -4.45. The number of nitrogens with one attached hydrogen (secondary N) is 1. The molecule has 1 N–H and O–H groups in total. The predicted octanol–water partition coefficient (Wildman–Crippen LogP) is 5.96. The van der Waals surface area contributed by atoms with Crippen molar-refractivity contribution in [2.45, 2.75) is 58.1 Å². The van der Waals surface area contributed by atoms with Crippen molar-refractivity contribution in [2.75, 3.05) is 0 Å². The van der Waals surface area contributed by atoms with Gasteiger partial charge >= 0.3 is 6.18 Å². The average Bonchev–Trinajstić information content (AvgIpc) is 3.50. The van der Waals surface area contributed by atoms with E-state index in [0.29, 0.717) is 24.9 Å². The van der Waals surface area contributed by atoms with Crippen molar-refractivity contribution in [3.05, 3.63) is 59.8 Å². The molecule has 0 unspecified atom stereocenters. The second-order valence-electron chi connectivity index (χ2n) is 9.68. The van der Waals surface area contributed by atoms with Crippen LogP contribution in [0.15, 0.2) is 48.7 Å². The molecule has 0 saturated heterocycles. The number of sulfonamides is 1. The lowest BCUT2D eigenvalue weighted by atomic mass is 9.96. The highest BCUT2D eigenvalue weighted by atomic mass is 32.2. The summed E-state index contributed by atoms with van der Waals surface area (Å²) in [7, 11) is -3.34. The van der Waals surface area contributed by atoms with Gasteiger partial charge in [-0.2, -0.15) is 13.2 Å². The first-order valence-corrected chi connectivity index (χ1v) is 12.2. The molecule has 172 valence electrons. The molecule has 1 aliphatic carbocycles. The quantitative estimate of drug-likeness (QED) is 0.490. The number of hydrogen-bond donors (Lipinski definition) is 1. The number of fused-ring (bicyclic) bond motifs is 1. The van der Waals surface area contributed by atoms with Gasteiger partial charge in [-0.05, 0) is 47.1 Å². The van der Waals surface area contributed by atoms with Crippen LogP contribution < -0.4 is 4.72 Å². The molecule has 0 spiro atoms. The molecule has 32 heavy (non-hydrogen) atoms. The minimum Gasteiger partial charge on any atom is -0.347 e. The molecule has 4 nitrogen and oxygen atoms in total. The molecule has 0 atom stereocenters. The van der Waals surface area contributed by atoms with Crippen LogP contribution in [0.4, 0.5) is 13.2 Å². The zero-order valence-corrected chi connectivity index (χ0v) is 19.1. The molecule has 1 heterocycles. The van der Waals surface area contributed by atoms with E-state index in [0.717, 1.165) is 22.5 Å². The molecule has 0 amide bonds. The number of aromatic nitrogens is 1. The number of halogens is 3. The Bertz CT molecular complexity index is 1250. The number of hydrogen-bond acceptors (Lipinski definition) is 2. The summed E-state index contributed by atoms with van der Waals surface area (Å²) in [6, 6.07) is 10.8. The molecule has 2 aromatic carbocycles. The van der Waals surface area contributed by atoms with Crippen LogP contribution in [0.5, 0.6) is 0 Å². The fraction of sp³-hybridized carbons (Fsp3) is 0.417. The van der Waals surface area contributed by atoms with Crippen LogP contribution >= 0.6 is 0 Å². The van der Waals surface area contributed by atoms with E-state index in [9.17, 15) is 21.6 Å². The summed E-state index contributed by atoms with van der Waals surface area (Å²) in [5, 5.41) is 0.525. The standard InChI is InChI=1S/C24H27F3N2O2S/c1-23(2,3)15-29-14-17(13-28-32(30,31)18-9-10-18)20-11-8-16(12-22(20)29)19-6-4-5-7-21(19)24(25,26)27/h4-8,11-12,14,18,28H,9-10,13,15H2,1-3H3. The maximum atomic E-state index is 13.6. The number of rotatable bonds is 6. The highest BCUT2D eigenvalue weighted by molar-refractivity contribution is 7.90. The second-order valence-corrected chi connectivity index (χ2v) is 11.7. The Morgan fingerprint density at radius 3 is 2.38 bits per heavy atom. The second kappa shape index (κ2) is 7.92. The SMILES string of the molecule is CC(C)(C)Cn1cc(CNS(=O)(=O)C2CC2)c2ccc(-c3ccccc3C(F)(F)F)cc21. The molecule has 0 aliphatic heterocycles. The zero-order chi connectivity index (χ0) is 23.3. The first-order chi connectivity index (χ1) is 14.9. The Hall–Kier alpha value is -2.32. The maximum Gasteiger partial charge on any atom is 0.417 e. The number of benzene rings is 2. The summed E-state index contributed by atoms with van der Waals surface area (Å²) >= 11 is 0. The fourth-order valence-electron chi connectivity index (χ4n) is 3.97. The number of alkyl halides is 3. The molecule has 4 rings (SSSR count). The van der Waals surface area contributed by atoms with Crippen LogP contribution in [0, 0.1) is 5.41 Å². The third-order valence-electron chi connectivity index (χ3n) is 5.58. The Labute approximate surface area is 186 Å². The minimum absolute atomic E-state index is 0.0728. The third-order valence-corrected chi connectivity index (χ3v) is 7.48. The molecular formula is C24H27F3N2O2S. The van der Waals surface area contributed by atoms with E-state index in [4.69, 9.17) is 0 Å². The molecule has 1 aromatic heterocycles. The van der Waals surface area contributed by atoms with Gasteiger partial charge in [-0.3, -0.25) is 0 Å². The Balaban J connectivity index is 1.79. The molecule has 0 radical (unpaired) electrons. The maximum absolute atomic E-state index is 13.6. The summed E-state index contributed by atoms with van der Waals surface area (Å²) in [5.41, 5.74) is 1.45. The lowest BCUT2D eigenvalue weighted by molar-refractivity contribution is -0.137. The number of nitrogens with zero attached hydrogens (tertiary/aromatic N) is 1. The van der Waals surface area contributed by atoms with E-state index in [1.54, 1.807) is 24.3 Å². The first kappa shape index (κ1) is 22.9. The van der Waals surface area contributed by atoms with Crippen molar-refractivity contribution >= 4 is 20.9 Å². The molecule has 1 fully saturated rings. The van der Waals surface area contributed by atoms with E-state index in [1.807, 2.05) is 10.8 Å². The van der Waals surface area contributed by atoms with Gasteiger partial charge in [0.1, 0.15) is 0 Å². The molecule has 0 bridgehead atoms. The van der Waals surface area contributed by atoms with E-state index in [-0.39, 0.29) is 22.8 Å². The summed E-state index contributed by atoms with van der Waals surface area (Å²) in [5.74, 6) is 0. The van der Waals surface area contributed by atoms with Crippen LogP contribution in [0.1, 0.15) is 44.7 Å². The van der Waals surface area contributed by atoms with Gasteiger partial charge in [0.15, 0.2) is 0 Å². The molecular weight excluding hydrogens is 437 g/mol. The van der Waals surface area contributed by atoms with Crippen LogP contribution in [0.3, 0.4) is 0 Å². The van der Waals surface area contributed by atoms with Gasteiger partial charge in [0.25, 0.3) is 0 Å². The highest BCUT2D eigenvalue weighted by Gasteiger charge is 2.35. The van der Waals surface area contributed by atoms with Crippen LogP contribution in [0.2, 0.25) is 0 Å².